The number of anilines is 1. The van der Waals surface area contributed by atoms with Crippen molar-refractivity contribution in [3.63, 3.8) is 0 Å². The van der Waals surface area contributed by atoms with Crippen LogP contribution in [0.3, 0.4) is 0 Å². The lowest BCUT2D eigenvalue weighted by atomic mass is 10.1. The number of nitrogens with one attached hydrogen (secondary N) is 1. The molecule has 0 radical (unpaired) electrons. The zero-order chi connectivity index (χ0) is 22.5. The minimum Gasteiger partial charge on any atom is -0.411 e. The summed E-state index contributed by atoms with van der Waals surface area (Å²) in [7, 11) is 0. The predicted octanol–water partition coefficient (Wildman–Crippen LogP) is 7.21. The van der Waals surface area contributed by atoms with Crippen molar-refractivity contribution in [2.75, 3.05) is 5.43 Å². The first-order valence-corrected chi connectivity index (χ1v) is 11.5. The lowest BCUT2D eigenvalue weighted by Crippen LogP contribution is -2.13. The number of Topliss-reactive ketones (excluding diaryl/α,β-unsaturated/α-hetero) is 1. The molecule has 0 amide bonds. The van der Waals surface area contributed by atoms with E-state index in [0.29, 0.717) is 27.2 Å². The van der Waals surface area contributed by atoms with Crippen LogP contribution in [0, 0.1) is 0 Å². The Balaban J connectivity index is 1.63. The zero-order valence-electron chi connectivity index (χ0n) is 16.1. The lowest BCUT2D eigenvalue weighted by molar-refractivity contribution is 0.106. The zero-order valence-corrected chi connectivity index (χ0v) is 20.0. The van der Waals surface area contributed by atoms with E-state index in [-0.39, 0.29) is 16.0 Å². The van der Waals surface area contributed by atoms with Crippen molar-refractivity contribution < 1.29 is 9.21 Å². The number of carbonyl (C=O) groups excluding carboxylic acids is 1. The van der Waals surface area contributed by atoms with Gasteiger partial charge in [-0.15, -0.1) is 10.2 Å². The molecule has 0 aliphatic heterocycles. The Morgan fingerprint density at radius 1 is 1.00 bits per heavy atom. The Morgan fingerprint density at radius 2 is 1.81 bits per heavy atom. The van der Waals surface area contributed by atoms with E-state index in [2.05, 4.69) is 36.7 Å². The summed E-state index contributed by atoms with van der Waals surface area (Å²) in [6.07, 6.45) is 0. The first kappa shape index (κ1) is 22.5. The normalized spacial score (nSPS) is 11.4. The van der Waals surface area contributed by atoms with E-state index in [1.807, 2.05) is 30.3 Å². The highest BCUT2D eigenvalue weighted by Gasteiger charge is 2.20. The minimum atomic E-state index is -0.310. The molecule has 1 heterocycles. The third-order valence-electron chi connectivity index (χ3n) is 4.10. The smallest absolute Gasteiger partial charge is 0.283 e. The van der Waals surface area contributed by atoms with Gasteiger partial charge in [0.2, 0.25) is 11.7 Å². The van der Waals surface area contributed by atoms with E-state index in [4.69, 9.17) is 27.6 Å². The third-order valence-corrected chi connectivity index (χ3v) is 5.95. The van der Waals surface area contributed by atoms with Crippen molar-refractivity contribution in [2.45, 2.75) is 5.22 Å². The maximum atomic E-state index is 13.1. The third kappa shape index (κ3) is 5.58. The van der Waals surface area contributed by atoms with Crippen molar-refractivity contribution in [3.8, 4) is 11.5 Å². The Hall–Kier alpha value is -2.65. The summed E-state index contributed by atoms with van der Waals surface area (Å²) in [5.41, 5.74) is 4.53. The topological polar surface area (TPSA) is 80.4 Å². The molecule has 4 rings (SSSR count). The molecule has 0 aliphatic rings. The summed E-state index contributed by atoms with van der Waals surface area (Å²) in [5, 5.41) is 13.5. The molecule has 10 heteroatoms. The summed E-state index contributed by atoms with van der Waals surface area (Å²) in [6, 6.07) is 21.2. The van der Waals surface area contributed by atoms with Gasteiger partial charge in [0.25, 0.3) is 5.22 Å². The SMILES string of the molecule is O=C(/C(=N/Nc1ccc(Cl)cc1Cl)Sc1nnc(-c2cccc(Br)c2)o1)c1ccccc1. The highest BCUT2D eigenvalue weighted by molar-refractivity contribution is 9.10. The van der Waals surface area contributed by atoms with E-state index < -0.39 is 0 Å². The second-order valence-electron chi connectivity index (χ2n) is 6.33. The van der Waals surface area contributed by atoms with E-state index in [1.54, 1.807) is 42.5 Å². The van der Waals surface area contributed by atoms with Gasteiger partial charge in [-0.3, -0.25) is 10.2 Å². The fourth-order valence-corrected chi connectivity index (χ4v) is 4.12. The predicted molar refractivity (Wildman–Crippen MR) is 132 cm³/mol. The van der Waals surface area contributed by atoms with Crippen molar-refractivity contribution in [1.29, 1.82) is 0 Å². The molecular formula is C22H13BrCl2N4O2S. The Bertz CT molecular complexity index is 1300. The highest BCUT2D eigenvalue weighted by atomic mass is 79.9. The maximum absolute atomic E-state index is 13.1. The number of benzene rings is 3. The number of hydrazone groups is 1. The van der Waals surface area contributed by atoms with Crippen LogP contribution in [0.5, 0.6) is 0 Å². The molecule has 160 valence electrons. The van der Waals surface area contributed by atoms with Crippen molar-refractivity contribution in [1.82, 2.24) is 10.2 Å². The van der Waals surface area contributed by atoms with Gasteiger partial charge in [0.15, 0.2) is 5.04 Å². The lowest BCUT2D eigenvalue weighted by Gasteiger charge is -2.07. The van der Waals surface area contributed by atoms with Gasteiger partial charge >= 0.3 is 0 Å². The van der Waals surface area contributed by atoms with E-state index in [0.717, 1.165) is 21.8 Å². The van der Waals surface area contributed by atoms with Crippen LogP contribution < -0.4 is 5.43 Å². The molecule has 0 fully saturated rings. The van der Waals surface area contributed by atoms with Gasteiger partial charge in [-0.05, 0) is 48.2 Å². The Morgan fingerprint density at radius 3 is 2.56 bits per heavy atom. The van der Waals surface area contributed by atoms with Gasteiger partial charge in [0, 0.05) is 20.6 Å². The molecule has 0 saturated heterocycles. The van der Waals surface area contributed by atoms with Gasteiger partial charge in [0.05, 0.1) is 10.7 Å². The summed E-state index contributed by atoms with van der Waals surface area (Å²) in [4.78, 5) is 13.1. The van der Waals surface area contributed by atoms with Crippen molar-refractivity contribution >= 4 is 67.4 Å². The number of nitrogens with zero attached hydrogens (tertiary/aromatic N) is 3. The molecule has 32 heavy (non-hydrogen) atoms. The molecule has 4 aromatic rings. The Kier molecular flexibility index (Phi) is 7.26. The summed E-state index contributed by atoms with van der Waals surface area (Å²) < 4.78 is 6.63. The quantitative estimate of drug-likeness (QED) is 0.0903. The average Bonchev–Trinajstić information content (AvgIpc) is 3.26. The van der Waals surface area contributed by atoms with Crippen LogP contribution >= 0.6 is 50.9 Å². The van der Waals surface area contributed by atoms with Crippen LogP contribution in [0.2, 0.25) is 10.0 Å². The van der Waals surface area contributed by atoms with Gasteiger partial charge in [0.1, 0.15) is 0 Å². The number of carbonyl (C=O) groups is 1. The molecule has 0 bridgehead atoms. The molecule has 1 N–H and O–H groups in total. The molecule has 0 atom stereocenters. The monoisotopic (exact) mass is 546 g/mol. The van der Waals surface area contributed by atoms with Crippen LogP contribution in [0.1, 0.15) is 10.4 Å². The fourth-order valence-electron chi connectivity index (χ4n) is 2.60. The van der Waals surface area contributed by atoms with Gasteiger partial charge < -0.3 is 4.42 Å². The van der Waals surface area contributed by atoms with Crippen LogP contribution in [-0.4, -0.2) is 21.0 Å². The number of hydrogen-bond acceptors (Lipinski definition) is 7. The molecule has 0 unspecified atom stereocenters. The standard InChI is InChI=1S/C22H13BrCl2N4O2S/c23-15-8-4-7-14(11-15)20-27-29-22(31-20)32-21(19(30)13-5-2-1-3-6-13)28-26-18-10-9-16(24)12-17(18)25/h1-12,26H/b28-21-. The molecule has 0 saturated carbocycles. The highest BCUT2D eigenvalue weighted by Crippen LogP contribution is 2.28. The molecule has 0 aliphatic carbocycles. The van der Waals surface area contributed by atoms with Crippen LogP contribution in [-0.2, 0) is 0 Å². The number of rotatable bonds is 6. The van der Waals surface area contributed by atoms with Gasteiger partial charge in [-0.1, -0.05) is 75.5 Å². The fraction of sp³-hybridized carbons (Fsp3) is 0. The van der Waals surface area contributed by atoms with E-state index >= 15 is 0 Å². The number of ketones is 1. The molecule has 0 spiro atoms. The number of hydrogen-bond donors (Lipinski definition) is 1. The number of aromatic nitrogens is 2. The minimum absolute atomic E-state index is 0.103. The second-order valence-corrected chi connectivity index (χ2v) is 9.03. The maximum Gasteiger partial charge on any atom is 0.283 e. The summed E-state index contributed by atoms with van der Waals surface area (Å²) >= 11 is 16.5. The van der Waals surface area contributed by atoms with Crippen molar-refractivity contribution in [3.05, 3.63) is 92.9 Å². The van der Waals surface area contributed by atoms with E-state index in [9.17, 15) is 4.79 Å². The summed E-state index contributed by atoms with van der Waals surface area (Å²) in [5.74, 6) is 0.0180. The van der Waals surface area contributed by atoms with E-state index in [1.165, 1.54) is 0 Å². The number of thioether (sulfide) groups is 1. The van der Waals surface area contributed by atoms with Crippen LogP contribution in [0.4, 0.5) is 5.69 Å². The first-order valence-electron chi connectivity index (χ1n) is 9.15. The first-order chi connectivity index (χ1) is 15.5. The molecule has 1 aromatic heterocycles. The largest absolute Gasteiger partial charge is 0.411 e. The summed E-state index contributed by atoms with van der Waals surface area (Å²) in [6.45, 7) is 0. The van der Waals surface area contributed by atoms with Crippen LogP contribution in [0.25, 0.3) is 11.5 Å². The van der Waals surface area contributed by atoms with Crippen molar-refractivity contribution in [2.24, 2.45) is 5.10 Å². The van der Waals surface area contributed by atoms with Crippen LogP contribution in [0.15, 0.2) is 92.0 Å². The molecule has 6 nitrogen and oxygen atoms in total. The second kappa shape index (κ2) is 10.3. The Labute approximate surface area is 206 Å². The molecular weight excluding hydrogens is 535 g/mol. The van der Waals surface area contributed by atoms with Gasteiger partial charge in [-0.2, -0.15) is 5.10 Å². The molecule has 3 aromatic carbocycles. The van der Waals surface area contributed by atoms with Gasteiger partial charge in [-0.25, -0.2) is 0 Å². The number of halogens is 3. The average molecular weight is 548 g/mol.